The topological polar surface area (TPSA) is 87.1 Å². The molecular formula is C15H9F6N5S. The Morgan fingerprint density at radius 1 is 1.15 bits per heavy atom. The first-order valence-corrected chi connectivity index (χ1v) is 7.79. The van der Waals surface area contributed by atoms with Gasteiger partial charge in [-0.25, -0.2) is 4.98 Å². The van der Waals surface area contributed by atoms with E-state index in [-0.39, 0.29) is 11.6 Å². The lowest BCUT2D eigenvalue weighted by Crippen LogP contribution is -2.20. The van der Waals surface area contributed by atoms with Gasteiger partial charge in [-0.05, 0) is 18.2 Å². The highest BCUT2D eigenvalue weighted by molar-refractivity contribution is 7.10. The van der Waals surface area contributed by atoms with Crippen molar-refractivity contribution in [1.82, 2.24) is 10.4 Å². The summed E-state index contributed by atoms with van der Waals surface area (Å²) in [7, 11) is 0. The first-order chi connectivity index (χ1) is 12.5. The molecule has 0 spiro atoms. The number of allylic oxidation sites excluding steroid dienone is 1. The SMILES string of the molecule is N#C/C(=C\N/N=C(\N)c1cc(C(F)(F)F)cc(C(F)(F)F)c1)c1nccs1. The highest BCUT2D eigenvalue weighted by Crippen LogP contribution is 2.36. The highest BCUT2D eigenvalue weighted by Gasteiger charge is 2.37. The lowest BCUT2D eigenvalue weighted by molar-refractivity contribution is -0.143. The fourth-order valence-electron chi connectivity index (χ4n) is 1.83. The molecule has 0 amide bonds. The maximum absolute atomic E-state index is 12.8. The first-order valence-electron chi connectivity index (χ1n) is 6.91. The van der Waals surface area contributed by atoms with Crippen molar-refractivity contribution in [2.75, 3.05) is 0 Å². The van der Waals surface area contributed by atoms with Crippen LogP contribution in [0.15, 0.2) is 41.1 Å². The third kappa shape index (κ3) is 5.20. The van der Waals surface area contributed by atoms with E-state index in [4.69, 9.17) is 11.0 Å². The number of nitriles is 1. The van der Waals surface area contributed by atoms with E-state index >= 15 is 0 Å². The number of hydrazone groups is 1. The van der Waals surface area contributed by atoms with Crippen molar-refractivity contribution in [3.63, 3.8) is 0 Å². The molecular weight excluding hydrogens is 396 g/mol. The summed E-state index contributed by atoms with van der Waals surface area (Å²) in [6.07, 6.45) is -7.47. The van der Waals surface area contributed by atoms with Gasteiger partial charge in [-0.1, -0.05) is 0 Å². The van der Waals surface area contributed by atoms with Gasteiger partial charge in [0.05, 0.1) is 11.1 Å². The van der Waals surface area contributed by atoms with E-state index in [1.807, 2.05) is 6.07 Å². The number of aromatic nitrogens is 1. The summed E-state index contributed by atoms with van der Waals surface area (Å²) in [5.41, 5.74) is 4.17. The maximum atomic E-state index is 12.8. The van der Waals surface area contributed by atoms with Crippen LogP contribution >= 0.6 is 11.3 Å². The van der Waals surface area contributed by atoms with Crippen molar-refractivity contribution in [2.24, 2.45) is 10.8 Å². The molecule has 0 radical (unpaired) electrons. The Balaban J connectivity index is 2.36. The van der Waals surface area contributed by atoms with Gasteiger partial charge in [0.15, 0.2) is 5.84 Å². The Labute approximate surface area is 152 Å². The molecule has 0 saturated heterocycles. The van der Waals surface area contributed by atoms with Gasteiger partial charge in [0.2, 0.25) is 0 Å². The second-order valence-corrected chi connectivity index (χ2v) is 5.82. The molecule has 0 atom stereocenters. The number of amidine groups is 1. The lowest BCUT2D eigenvalue weighted by Gasteiger charge is -2.13. The van der Waals surface area contributed by atoms with Gasteiger partial charge in [0.25, 0.3) is 0 Å². The van der Waals surface area contributed by atoms with Crippen LogP contribution in [0.25, 0.3) is 5.57 Å². The quantitative estimate of drug-likeness (QED) is 0.265. The van der Waals surface area contributed by atoms with Crippen LogP contribution in [0.1, 0.15) is 21.7 Å². The van der Waals surface area contributed by atoms with Crippen molar-refractivity contribution in [3.8, 4) is 6.07 Å². The molecule has 5 nitrogen and oxygen atoms in total. The van der Waals surface area contributed by atoms with Gasteiger partial charge in [0, 0.05) is 23.3 Å². The fraction of sp³-hybridized carbons (Fsp3) is 0.133. The molecule has 1 aromatic heterocycles. The molecule has 12 heteroatoms. The lowest BCUT2D eigenvalue weighted by atomic mass is 10.0. The van der Waals surface area contributed by atoms with Gasteiger partial charge in [-0.2, -0.15) is 36.7 Å². The van der Waals surface area contributed by atoms with Gasteiger partial charge in [-0.3, -0.25) is 5.43 Å². The molecule has 27 heavy (non-hydrogen) atoms. The predicted octanol–water partition coefficient (Wildman–Crippen LogP) is 3.96. The molecule has 1 aromatic carbocycles. The fourth-order valence-corrected chi connectivity index (χ4v) is 2.44. The maximum Gasteiger partial charge on any atom is 0.416 e. The van der Waals surface area contributed by atoms with Crippen molar-refractivity contribution >= 4 is 22.7 Å². The summed E-state index contributed by atoms with van der Waals surface area (Å²) < 4.78 is 77.1. The largest absolute Gasteiger partial charge is 0.416 e. The molecule has 0 bridgehead atoms. The van der Waals surface area contributed by atoms with Crippen molar-refractivity contribution in [1.29, 1.82) is 5.26 Å². The monoisotopic (exact) mass is 405 g/mol. The zero-order chi connectivity index (χ0) is 20.2. The molecule has 0 aliphatic carbocycles. The Kier molecular flexibility index (Phi) is 5.75. The Bertz CT molecular complexity index is 874. The van der Waals surface area contributed by atoms with Gasteiger partial charge < -0.3 is 5.73 Å². The van der Waals surface area contributed by atoms with Gasteiger partial charge in [0.1, 0.15) is 16.6 Å². The molecule has 142 valence electrons. The van der Waals surface area contributed by atoms with Crippen LogP contribution in [0.2, 0.25) is 0 Å². The Morgan fingerprint density at radius 3 is 2.19 bits per heavy atom. The minimum Gasteiger partial charge on any atom is -0.382 e. The second kappa shape index (κ2) is 7.67. The molecule has 1 heterocycles. The van der Waals surface area contributed by atoms with Crippen molar-refractivity contribution in [2.45, 2.75) is 12.4 Å². The molecule has 2 aromatic rings. The van der Waals surface area contributed by atoms with E-state index < -0.39 is 34.9 Å². The smallest absolute Gasteiger partial charge is 0.382 e. The zero-order valence-electron chi connectivity index (χ0n) is 13.1. The number of nitrogens with one attached hydrogen (secondary N) is 1. The number of hydrogen-bond acceptors (Lipinski definition) is 5. The van der Waals surface area contributed by atoms with Crippen LogP contribution in [-0.2, 0) is 12.4 Å². The molecule has 0 aliphatic rings. The van der Waals surface area contributed by atoms with Crippen molar-refractivity contribution in [3.05, 3.63) is 57.7 Å². The predicted molar refractivity (Wildman–Crippen MR) is 86.0 cm³/mol. The number of nitrogens with two attached hydrogens (primary N) is 1. The van der Waals surface area contributed by atoms with Gasteiger partial charge in [-0.15, -0.1) is 11.3 Å². The number of nitrogens with zero attached hydrogens (tertiary/aromatic N) is 3. The average molecular weight is 405 g/mol. The van der Waals surface area contributed by atoms with E-state index in [0.717, 1.165) is 17.5 Å². The first kappa shape index (κ1) is 20.2. The number of alkyl halides is 6. The standard InChI is InChI=1S/C15H9F6N5S/c16-14(17,18)10-3-8(4-11(5-10)15(19,20)21)12(23)26-25-7-9(6-22)13-24-1-2-27-13/h1-5,7,25H,(H2,23,26)/b9-7+. The summed E-state index contributed by atoms with van der Waals surface area (Å²) in [6.45, 7) is 0. The summed E-state index contributed by atoms with van der Waals surface area (Å²) in [6, 6.07) is 2.70. The number of benzene rings is 1. The molecule has 2 rings (SSSR count). The summed E-state index contributed by atoms with van der Waals surface area (Å²) in [5, 5.41) is 14.5. The molecule has 0 unspecified atom stereocenters. The Hall–Kier alpha value is -3.07. The number of rotatable bonds is 4. The molecule has 0 aliphatic heterocycles. The molecule has 3 N–H and O–H groups in total. The van der Waals surface area contributed by atoms with Crippen LogP contribution in [-0.4, -0.2) is 10.8 Å². The summed E-state index contributed by atoms with van der Waals surface area (Å²) in [4.78, 5) is 3.88. The van der Waals surface area contributed by atoms with Gasteiger partial charge >= 0.3 is 12.4 Å². The van der Waals surface area contributed by atoms with E-state index in [0.29, 0.717) is 17.1 Å². The minimum absolute atomic E-state index is 0.0135. The van der Waals surface area contributed by atoms with E-state index in [1.54, 1.807) is 5.38 Å². The van der Waals surface area contributed by atoms with E-state index in [1.165, 1.54) is 6.20 Å². The van der Waals surface area contributed by atoms with Crippen LogP contribution in [0, 0.1) is 11.3 Å². The third-order valence-electron chi connectivity index (χ3n) is 3.06. The number of hydrogen-bond donors (Lipinski definition) is 2. The van der Waals surface area contributed by atoms with Crippen LogP contribution in [0.5, 0.6) is 0 Å². The third-order valence-corrected chi connectivity index (χ3v) is 3.87. The highest BCUT2D eigenvalue weighted by atomic mass is 32.1. The molecule has 0 fully saturated rings. The van der Waals surface area contributed by atoms with Crippen LogP contribution in [0.3, 0.4) is 0 Å². The summed E-state index contributed by atoms with van der Waals surface area (Å²) >= 11 is 1.15. The number of halogens is 6. The van der Waals surface area contributed by atoms with E-state index in [2.05, 4.69) is 15.5 Å². The normalized spacial score (nSPS) is 13.4. The van der Waals surface area contributed by atoms with E-state index in [9.17, 15) is 26.3 Å². The average Bonchev–Trinajstić information content (AvgIpc) is 3.11. The van der Waals surface area contributed by atoms with Crippen LogP contribution < -0.4 is 11.2 Å². The van der Waals surface area contributed by atoms with Crippen molar-refractivity contribution < 1.29 is 26.3 Å². The Morgan fingerprint density at radius 2 is 1.74 bits per heavy atom. The second-order valence-electron chi connectivity index (χ2n) is 4.93. The minimum atomic E-state index is -5.00. The number of thiazole rings is 1. The summed E-state index contributed by atoms with van der Waals surface area (Å²) in [5.74, 6) is -0.626. The molecule has 0 saturated carbocycles. The van der Waals surface area contributed by atoms with Crippen LogP contribution in [0.4, 0.5) is 26.3 Å². The zero-order valence-corrected chi connectivity index (χ0v) is 13.9.